The van der Waals surface area contributed by atoms with Crippen molar-refractivity contribution in [3.8, 4) is 0 Å². The Morgan fingerprint density at radius 2 is 1.57 bits per heavy atom. The van der Waals surface area contributed by atoms with E-state index in [2.05, 4.69) is 0 Å². The minimum Gasteiger partial charge on any atom is -0.318 e. The number of aromatic nitrogens is 2. The molecule has 2 rings (SSSR count). The van der Waals surface area contributed by atoms with E-state index < -0.39 is 11.4 Å². The van der Waals surface area contributed by atoms with Crippen molar-refractivity contribution < 1.29 is 4.39 Å². The molecule has 4 nitrogen and oxygen atoms in total. The van der Waals surface area contributed by atoms with Gasteiger partial charge in [0.05, 0.1) is 0 Å². The molecule has 0 aliphatic rings. The molecule has 23 heavy (non-hydrogen) atoms. The van der Waals surface area contributed by atoms with Gasteiger partial charge < -0.3 is 9.13 Å². The monoisotopic (exact) mass is 320 g/mol. The average molecular weight is 320 g/mol. The van der Waals surface area contributed by atoms with Gasteiger partial charge in [0.25, 0.3) is 11.1 Å². The lowest BCUT2D eigenvalue weighted by Gasteiger charge is -2.06. The molecule has 0 spiro atoms. The highest BCUT2D eigenvalue weighted by Gasteiger charge is 2.05. The van der Waals surface area contributed by atoms with Crippen LogP contribution in [-0.2, 0) is 14.1 Å². The second kappa shape index (κ2) is 7.90. The Labute approximate surface area is 136 Å². The molecule has 0 radical (unpaired) electrons. The highest BCUT2D eigenvalue weighted by Crippen LogP contribution is 2.12. The largest absolute Gasteiger partial charge is 0.318 e. The van der Waals surface area contributed by atoms with Crippen LogP contribution in [-0.4, -0.2) is 9.13 Å². The van der Waals surface area contributed by atoms with Crippen LogP contribution in [0.5, 0.6) is 0 Å². The first kappa shape index (κ1) is 18.9. The Morgan fingerprint density at radius 3 is 2.00 bits per heavy atom. The maximum Gasteiger partial charge on any atom is 0.286 e. The molecule has 0 bridgehead atoms. The van der Waals surface area contributed by atoms with Gasteiger partial charge in [0.1, 0.15) is 0 Å². The van der Waals surface area contributed by atoms with Crippen LogP contribution >= 0.6 is 0 Å². The first-order chi connectivity index (χ1) is 10.6. The van der Waals surface area contributed by atoms with Gasteiger partial charge in [-0.2, -0.15) is 0 Å². The summed E-state index contributed by atoms with van der Waals surface area (Å²) in [6.07, 6.45) is 3.43. The zero-order valence-corrected chi connectivity index (χ0v) is 14.6. The van der Waals surface area contributed by atoms with Crippen molar-refractivity contribution >= 4 is 0 Å². The van der Waals surface area contributed by atoms with E-state index in [0.29, 0.717) is 5.92 Å². The molecule has 5 heteroatoms. The van der Waals surface area contributed by atoms with E-state index in [0.717, 1.165) is 11.1 Å². The molecule has 126 valence electrons. The van der Waals surface area contributed by atoms with Crippen molar-refractivity contribution in [2.45, 2.75) is 39.5 Å². The van der Waals surface area contributed by atoms with Gasteiger partial charge in [0, 0.05) is 32.1 Å². The van der Waals surface area contributed by atoms with Gasteiger partial charge in [-0.25, -0.2) is 4.39 Å². The lowest BCUT2D eigenvalue weighted by atomic mass is 10.1. The fourth-order valence-electron chi connectivity index (χ4n) is 2.07. The minimum atomic E-state index is -0.677. The van der Waals surface area contributed by atoms with Crippen LogP contribution in [0.2, 0.25) is 0 Å². The van der Waals surface area contributed by atoms with Gasteiger partial charge in [0.2, 0.25) is 0 Å². The molecule has 0 saturated carbocycles. The highest BCUT2D eigenvalue weighted by atomic mass is 19.1. The molecular formula is C18H25FN2O2. The van der Waals surface area contributed by atoms with E-state index in [1.807, 2.05) is 39.8 Å². The van der Waals surface area contributed by atoms with Crippen LogP contribution in [0.25, 0.3) is 0 Å². The fraction of sp³-hybridized carbons (Fsp3) is 0.444. The van der Waals surface area contributed by atoms with Gasteiger partial charge >= 0.3 is 0 Å². The van der Waals surface area contributed by atoms with Crippen LogP contribution in [0, 0.1) is 5.82 Å². The minimum absolute atomic E-state index is 0.113. The normalized spacial score (nSPS) is 10.7. The van der Waals surface area contributed by atoms with E-state index >= 15 is 0 Å². The number of rotatable bonds is 2. The van der Waals surface area contributed by atoms with Crippen LogP contribution < -0.4 is 11.1 Å². The predicted molar refractivity (Wildman–Crippen MR) is 91.5 cm³/mol. The zero-order valence-electron chi connectivity index (χ0n) is 14.6. The summed E-state index contributed by atoms with van der Waals surface area (Å²) < 4.78 is 15.7. The zero-order chi connectivity index (χ0) is 17.7. The van der Waals surface area contributed by atoms with Crippen molar-refractivity contribution in [1.29, 1.82) is 0 Å². The molecule has 0 saturated heterocycles. The topological polar surface area (TPSA) is 44.0 Å². The predicted octanol–water partition coefficient (Wildman–Crippen LogP) is 3.16. The number of hydrogen-bond donors (Lipinski definition) is 0. The van der Waals surface area contributed by atoms with E-state index in [4.69, 9.17) is 0 Å². The van der Waals surface area contributed by atoms with Crippen LogP contribution in [0.3, 0.4) is 0 Å². The molecule has 0 aromatic carbocycles. The summed E-state index contributed by atoms with van der Waals surface area (Å²) in [4.78, 5) is 22.3. The maximum absolute atomic E-state index is 12.9. The lowest BCUT2D eigenvalue weighted by molar-refractivity contribution is 0.583. The van der Waals surface area contributed by atoms with Gasteiger partial charge in [-0.15, -0.1) is 0 Å². The van der Waals surface area contributed by atoms with Crippen LogP contribution in [0.1, 0.15) is 50.7 Å². The van der Waals surface area contributed by atoms with Crippen molar-refractivity contribution in [3.63, 3.8) is 0 Å². The standard InChI is InChI=1S/C9H12FNO.C9H13NO/c1-6(2)7-4-8(10)9(12)11(3)5-7;1-7(2)8-5-4-6-10(3)9(8)11/h4-6H,1-3H3;4-7H,1-3H3. The van der Waals surface area contributed by atoms with Crippen LogP contribution in [0.4, 0.5) is 4.39 Å². The summed E-state index contributed by atoms with van der Waals surface area (Å²) in [6.45, 7) is 7.96. The number of aryl methyl sites for hydroxylation is 2. The van der Waals surface area contributed by atoms with E-state index in [1.54, 1.807) is 31.1 Å². The summed E-state index contributed by atoms with van der Waals surface area (Å²) in [5.41, 5.74) is 1.27. The third kappa shape index (κ3) is 4.91. The first-order valence-corrected chi connectivity index (χ1v) is 7.66. The van der Waals surface area contributed by atoms with Crippen molar-refractivity contribution in [2.24, 2.45) is 14.1 Å². The van der Waals surface area contributed by atoms with Crippen molar-refractivity contribution in [2.75, 3.05) is 0 Å². The molecule has 2 aromatic rings. The molecule has 0 aliphatic heterocycles. The molecule has 0 N–H and O–H groups in total. The van der Waals surface area contributed by atoms with Crippen molar-refractivity contribution in [3.05, 3.63) is 68.2 Å². The number of pyridine rings is 2. The number of halogens is 1. The third-order valence-electron chi connectivity index (χ3n) is 3.60. The first-order valence-electron chi connectivity index (χ1n) is 7.66. The molecule has 2 aromatic heterocycles. The third-order valence-corrected chi connectivity index (χ3v) is 3.60. The lowest BCUT2D eigenvalue weighted by Crippen LogP contribution is -2.20. The smallest absolute Gasteiger partial charge is 0.286 e. The van der Waals surface area contributed by atoms with Crippen molar-refractivity contribution in [1.82, 2.24) is 9.13 Å². The molecule has 0 unspecified atom stereocenters. The summed E-state index contributed by atoms with van der Waals surface area (Å²) >= 11 is 0. The highest BCUT2D eigenvalue weighted by molar-refractivity contribution is 5.15. The molecule has 0 aliphatic carbocycles. The number of nitrogens with zero attached hydrogens (tertiary/aromatic N) is 2. The van der Waals surface area contributed by atoms with Gasteiger partial charge in [-0.05, 0) is 29.5 Å². The summed E-state index contributed by atoms with van der Waals surface area (Å²) in [6, 6.07) is 5.08. The maximum atomic E-state index is 12.9. The summed E-state index contributed by atoms with van der Waals surface area (Å²) in [5.74, 6) is -0.120. The van der Waals surface area contributed by atoms with Gasteiger partial charge in [-0.3, -0.25) is 9.59 Å². The fourth-order valence-corrected chi connectivity index (χ4v) is 2.07. The summed E-state index contributed by atoms with van der Waals surface area (Å²) in [7, 11) is 3.32. The Balaban J connectivity index is 0.000000231. The SMILES string of the molecule is CC(C)c1cc(F)c(=O)n(C)c1.CC(C)c1cccn(C)c1=O. The Bertz CT molecular complexity index is 747. The van der Waals surface area contributed by atoms with E-state index in [1.165, 1.54) is 10.6 Å². The van der Waals surface area contributed by atoms with Gasteiger partial charge in [-0.1, -0.05) is 33.8 Å². The Kier molecular flexibility index (Phi) is 6.49. The van der Waals surface area contributed by atoms with E-state index in [9.17, 15) is 14.0 Å². The Hall–Kier alpha value is -2.17. The molecule has 0 atom stereocenters. The van der Waals surface area contributed by atoms with Crippen LogP contribution in [0.15, 0.2) is 40.2 Å². The number of hydrogen-bond acceptors (Lipinski definition) is 2. The molecule has 2 heterocycles. The second-order valence-electron chi connectivity index (χ2n) is 6.23. The molecular weight excluding hydrogens is 295 g/mol. The van der Waals surface area contributed by atoms with Gasteiger partial charge in [0.15, 0.2) is 5.82 Å². The van der Waals surface area contributed by atoms with E-state index in [-0.39, 0.29) is 11.5 Å². The Morgan fingerprint density at radius 1 is 0.957 bits per heavy atom. The molecule has 0 amide bonds. The quantitative estimate of drug-likeness (QED) is 0.853. The summed E-state index contributed by atoms with van der Waals surface area (Å²) in [5, 5.41) is 0. The molecule has 0 fully saturated rings. The second-order valence-corrected chi connectivity index (χ2v) is 6.23. The average Bonchev–Trinajstić information content (AvgIpc) is 2.47.